The fraction of sp³-hybridized carbons (Fsp3) is 0.172. The van der Waals surface area contributed by atoms with E-state index in [2.05, 4.69) is 383 Å². The van der Waals surface area contributed by atoms with Gasteiger partial charge in [0.15, 0.2) is 0 Å². The van der Waals surface area contributed by atoms with Crippen molar-refractivity contribution in [1.29, 1.82) is 0 Å². The van der Waals surface area contributed by atoms with Crippen LogP contribution in [0, 0.1) is 0 Å². The molecule has 0 aromatic heterocycles. The first kappa shape index (κ1) is 63.4. The molecule has 506 valence electrons. The Balaban J connectivity index is 0.864. The summed E-state index contributed by atoms with van der Waals surface area (Å²) in [6, 6.07) is 110. The highest BCUT2D eigenvalue weighted by atomic mass is 16.5. The number of benzene rings is 14. The molecule has 6 heteroatoms. The van der Waals surface area contributed by atoms with E-state index in [1.807, 2.05) is 0 Å². The minimum atomic E-state index is -0.520. The van der Waals surface area contributed by atoms with Gasteiger partial charge < -0.3 is 19.4 Å². The average molecular weight is 1350 g/mol. The van der Waals surface area contributed by atoms with Gasteiger partial charge in [0, 0.05) is 57.0 Å². The van der Waals surface area contributed by atoms with Gasteiger partial charge in [-0.15, -0.1) is 0 Å². The third-order valence-corrected chi connectivity index (χ3v) is 24.0. The highest BCUT2D eigenvalue weighted by Crippen LogP contribution is 2.65. The molecule has 4 nitrogen and oxygen atoms in total. The average Bonchev–Trinajstić information content (AvgIpc) is 1.67. The van der Waals surface area contributed by atoms with Crippen molar-refractivity contribution >= 4 is 108 Å². The van der Waals surface area contributed by atoms with Crippen molar-refractivity contribution in [2.75, 3.05) is 14.7 Å². The van der Waals surface area contributed by atoms with Gasteiger partial charge in [0.25, 0.3) is 13.4 Å². The number of hydrogen-bond acceptors (Lipinski definition) is 4. The summed E-state index contributed by atoms with van der Waals surface area (Å²) in [5, 5.41) is 2.29. The molecule has 20 rings (SSSR count). The van der Waals surface area contributed by atoms with Gasteiger partial charge >= 0.3 is 0 Å². The summed E-state index contributed by atoms with van der Waals surface area (Å²) >= 11 is 0. The number of ether oxygens (including phenoxy) is 1. The second-order valence-electron chi connectivity index (χ2n) is 34.4. The zero-order valence-electron chi connectivity index (χ0n) is 62.0. The molecular weight excluding hydrogens is 1270 g/mol. The Morgan fingerprint density at radius 2 is 0.733 bits per heavy atom. The van der Waals surface area contributed by atoms with Crippen LogP contribution in [-0.4, -0.2) is 13.4 Å². The first-order valence-corrected chi connectivity index (χ1v) is 37.7. The molecule has 14 aromatic rings. The van der Waals surface area contributed by atoms with Crippen LogP contribution in [0.4, 0.5) is 51.2 Å². The van der Waals surface area contributed by atoms with Crippen molar-refractivity contribution in [3.8, 4) is 56.0 Å². The zero-order chi connectivity index (χ0) is 71.5. The van der Waals surface area contributed by atoms with E-state index >= 15 is 0 Å². The van der Waals surface area contributed by atoms with E-state index in [1.165, 1.54) is 139 Å². The van der Waals surface area contributed by atoms with Gasteiger partial charge in [0.2, 0.25) is 0 Å². The minimum Gasteiger partial charge on any atom is -0.458 e. The minimum absolute atomic E-state index is 0.0965. The van der Waals surface area contributed by atoms with Crippen LogP contribution in [0.2, 0.25) is 0 Å². The summed E-state index contributed by atoms with van der Waals surface area (Å²) in [6.45, 7) is 28.0. The Morgan fingerprint density at radius 1 is 0.286 bits per heavy atom. The third kappa shape index (κ3) is 9.27. The van der Waals surface area contributed by atoms with E-state index in [0.717, 1.165) is 56.5 Å². The van der Waals surface area contributed by atoms with Crippen LogP contribution >= 0.6 is 0 Å². The van der Waals surface area contributed by atoms with Crippen molar-refractivity contribution in [2.45, 2.75) is 110 Å². The lowest BCUT2D eigenvalue weighted by atomic mass is 9.30. The maximum absolute atomic E-state index is 8.01. The van der Waals surface area contributed by atoms with Crippen molar-refractivity contribution in [1.82, 2.24) is 0 Å². The number of fused-ring (bicyclic) bond motifs is 20. The molecule has 0 saturated carbocycles. The summed E-state index contributed by atoms with van der Waals surface area (Å²) in [4.78, 5) is 7.75. The summed E-state index contributed by atoms with van der Waals surface area (Å²) < 4.78 is 8.01. The predicted molar refractivity (Wildman–Crippen MR) is 446 cm³/mol. The molecule has 4 aliphatic heterocycles. The lowest BCUT2D eigenvalue weighted by Gasteiger charge is -2.46. The molecule has 0 N–H and O–H groups in total. The van der Waals surface area contributed by atoms with Crippen LogP contribution in [0.5, 0.6) is 11.5 Å². The number of anilines is 9. The van der Waals surface area contributed by atoms with Gasteiger partial charge in [-0.2, -0.15) is 0 Å². The Kier molecular flexibility index (Phi) is 13.5. The summed E-state index contributed by atoms with van der Waals surface area (Å²) in [5.74, 6) is 1.74. The predicted octanol–water partition coefficient (Wildman–Crippen LogP) is 22.2. The van der Waals surface area contributed by atoms with E-state index < -0.39 is 5.41 Å². The number of para-hydroxylation sites is 4. The van der Waals surface area contributed by atoms with E-state index in [-0.39, 0.29) is 35.1 Å². The van der Waals surface area contributed by atoms with Crippen LogP contribution in [-0.2, 0) is 27.1 Å². The SMILES string of the molecule is CC(C)(C)c1cc(-c2cc3c4c(c2)N(c2cc(C(C)(C)C)cc(C(C)(C)C)c2)c2cc5c(cc2B4c2ccccc2N3c2ccccc2)B2c3ccccc3N(c3ccccc3)c3c2c(cc2cc(-c4cccc6c4C4(c7ccccc7-c7ccccc74)c4ccccc4-6)ccc32)O5)cc(C(C)(C)C)c1. The van der Waals surface area contributed by atoms with E-state index in [4.69, 9.17) is 4.74 Å². The molecule has 105 heavy (non-hydrogen) atoms. The second-order valence-corrected chi connectivity index (χ2v) is 34.4. The molecule has 1 spiro atoms. The molecular formula is C99H83B2N3O. The van der Waals surface area contributed by atoms with Gasteiger partial charge in [-0.1, -0.05) is 289 Å². The molecule has 0 unspecified atom stereocenters. The quantitative estimate of drug-likeness (QED) is 0.160. The van der Waals surface area contributed by atoms with Crippen LogP contribution in [0.25, 0.3) is 55.3 Å². The van der Waals surface area contributed by atoms with Crippen LogP contribution in [0.1, 0.15) is 128 Å². The highest BCUT2D eigenvalue weighted by Gasteiger charge is 2.54. The summed E-state index contributed by atoms with van der Waals surface area (Å²) in [7, 11) is 0. The maximum atomic E-state index is 8.01. The Morgan fingerprint density at radius 3 is 1.30 bits per heavy atom. The van der Waals surface area contributed by atoms with Gasteiger partial charge in [-0.25, -0.2) is 0 Å². The van der Waals surface area contributed by atoms with Crippen LogP contribution in [0.15, 0.2) is 285 Å². The smallest absolute Gasteiger partial charge is 0.256 e. The van der Waals surface area contributed by atoms with Gasteiger partial charge in [-0.05, 0) is 222 Å². The lowest BCUT2D eigenvalue weighted by Crippen LogP contribution is -2.64. The fourth-order valence-electron chi connectivity index (χ4n) is 18.9. The normalized spacial score (nSPS) is 14.5. The monoisotopic (exact) mass is 1350 g/mol. The van der Waals surface area contributed by atoms with Crippen molar-refractivity contribution in [2.24, 2.45) is 0 Å². The maximum Gasteiger partial charge on any atom is 0.256 e. The Hall–Kier alpha value is -11.3. The summed E-state index contributed by atoms with van der Waals surface area (Å²) in [6.07, 6.45) is 0. The molecule has 2 aliphatic carbocycles. The first-order valence-electron chi connectivity index (χ1n) is 37.7. The molecule has 0 radical (unpaired) electrons. The van der Waals surface area contributed by atoms with Gasteiger partial charge in [-0.3, -0.25) is 0 Å². The van der Waals surface area contributed by atoms with E-state index in [9.17, 15) is 0 Å². The molecule has 0 saturated heterocycles. The van der Waals surface area contributed by atoms with Gasteiger partial charge in [0.1, 0.15) is 11.5 Å². The molecule has 0 atom stereocenters. The molecule has 14 aromatic carbocycles. The molecule has 0 amide bonds. The van der Waals surface area contributed by atoms with Crippen molar-refractivity contribution in [3.05, 3.63) is 330 Å². The Labute approximate surface area is 619 Å². The second kappa shape index (κ2) is 22.3. The van der Waals surface area contributed by atoms with Crippen molar-refractivity contribution in [3.63, 3.8) is 0 Å². The van der Waals surface area contributed by atoms with Crippen molar-refractivity contribution < 1.29 is 4.74 Å². The first-order chi connectivity index (χ1) is 50.6. The summed E-state index contributed by atoms with van der Waals surface area (Å²) in [5.41, 5.74) is 37.2. The van der Waals surface area contributed by atoms with E-state index in [0.29, 0.717) is 0 Å². The lowest BCUT2D eigenvalue weighted by molar-refractivity contribution is 0.488. The standard InChI is InChI=1S/C99H83B2N3O/c1-95(2,3)64-49-61(50-65(54-64)96(4,5)6)62-51-87-92-88(52-62)103(70-56-66(97(7,8)9)55-67(57-70)98(10,11)12)86-59-89-83(58-82(86)100(92)80-42-25-27-44-84(80)102(87)68-30-15-13-16-31-68)101-81-43-26-28-45-85(81)104(69-32-17-14-18-33-69)94-72-47-46-60(48-63(72)53-90(105-89)93(94)101)71-37-29-38-76-75-36-21-24-41-79(75)99(91(71)76)77-39-22-19-34-73(77)74-35-20-23-40-78(74)99/h13-59H,1-12H3. The third-order valence-electron chi connectivity index (χ3n) is 24.0. The number of hydrogen-bond donors (Lipinski definition) is 0. The number of nitrogens with zero attached hydrogens (tertiary/aromatic N) is 3. The van der Waals surface area contributed by atoms with Crippen LogP contribution < -0.4 is 52.2 Å². The van der Waals surface area contributed by atoms with Crippen LogP contribution in [0.3, 0.4) is 0 Å². The Bertz CT molecular complexity index is 5910. The number of rotatable bonds is 5. The molecule has 0 bridgehead atoms. The largest absolute Gasteiger partial charge is 0.458 e. The van der Waals surface area contributed by atoms with E-state index in [1.54, 1.807) is 0 Å². The fourth-order valence-corrected chi connectivity index (χ4v) is 18.9. The molecule has 4 heterocycles. The molecule has 6 aliphatic rings. The highest BCUT2D eigenvalue weighted by molar-refractivity contribution is 7.02. The zero-order valence-corrected chi connectivity index (χ0v) is 62.0. The van der Waals surface area contributed by atoms with Gasteiger partial charge in [0.05, 0.1) is 11.1 Å². The topological polar surface area (TPSA) is 19.0 Å². The molecule has 0 fully saturated rings.